The zero-order chi connectivity index (χ0) is 19.1. The fourth-order valence-corrected chi connectivity index (χ4v) is 4.59. The quantitative estimate of drug-likeness (QED) is 0.679. The number of benzene rings is 1. The molecule has 0 aliphatic carbocycles. The Morgan fingerprint density at radius 3 is 2.96 bits per heavy atom. The molecule has 1 amide bonds. The number of hydrogen-bond donors (Lipinski definition) is 0. The lowest BCUT2D eigenvalue weighted by Gasteiger charge is -2.25. The van der Waals surface area contributed by atoms with Crippen molar-refractivity contribution < 1.29 is 9.53 Å². The summed E-state index contributed by atoms with van der Waals surface area (Å²) in [6, 6.07) is 8.17. The van der Waals surface area contributed by atoms with Crippen LogP contribution in [0.2, 0.25) is 0 Å². The van der Waals surface area contributed by atoms with Gasteiger partial charge in [0.15, 0.2) is 0 Å². The number of fused-ring (bicyclic) bond motifs is 1. The van der Waals surface area contributed by atoms with Crippen LogP contribution in [-0.2, 0) is 9.53 Å². The molecule has 27 heavy (non-hydrogen) atoms. The lowest BCUT2D eigenvalue weighted by Crippen LogP contribution is -2.34. The topological polar surface area (TPSA) is 60.3 Å². The third kappa shape index (κ3) is 3.26. The van der Waals surface area contributed by atoms with Crippen LogP contribution in [0.25, 0.3) is 10.2 Å². The van der Waals surface area contributed by atoms with Crippen molar-refractivity contribution in [3.05, 3.63) is 41.2 Å². The first-order valence-corrected chi connectivity index (χ1v) is 10.1. The molecule has 142 valence electrons. The Morgan fingerprint density at radius 2 is 2.19 bits per heavy atom. The van der Waals surface area contributed by atoms with E-state index in [2.05, 4.69) is 23.9 Å². The molecule has 1 saturated heterocycles. The SMILES string of the molecule is Cc1nc2ccc(N(C)C(=O)[C@H]3CCO[C@@H]3c3ccnn3C(C)C)cc2s1. The van der Waals surface area contributed by atoms with Crippen LogP contribution in [0.1, 0.15) is 43.1 Å². The number of hydrogen-bond acceptors (Lipinski definition) is 5. The molecule has 4 rings (SSSR count). The van der Waals surface area contributed by atoms with Gasteiger partial charge in [0, 0.05) is 31.6 Å². The van der Waals surface area contributed by atoms with E-state index in [0.717, 1.165) is 33.0 Å². The van der Waals surface area contributed by atoms with Gasteiger partial charge in [-0.1, -0.05) is 0 Å². The van der Waals surface area contributed by atoms with Crippen LogP contribution < -0.4 is 4.90 Å². The Kier molecular flexibility index (Phi) is 4.74. The van der Waals surface area contributed by atoms with Crippen LogP contribution in [0.15, 0.2) is 30.5 Å². The Hall–Kier alpha value is -2.25. The van der Waals surface area contributed by atoms with E-state index >= 15 is 0 Å². The maximum Gasteiger partial charge on any atom is 0.232 e. The largest absolute Gasteiger partial charge is 0.371 e. The molecule has 0 bridgehead atoms. The van der Waals surface area contributed by atoms with Gasteiger partial charge in [0.25, 0.3) is 0 Å². The smallest absolute Gasteiger partial charge is 0.232 e. The van der Waals surface area contributed by atoms with Crippen LogP contribution in [-0.4, -0.2) is 34.3 Å². The van der Waals surface area contributed by atoms with Gasteiger partial charge in [-0.2, -0.15) is 5.10 Å². The van der Waals surface area contributed by atoms with E-state index in [1.54, 1.807) is 22.4 Å². The molecule has 0 saturated carbocycles. The number of aromatic nitrogens is 3. The Labute approximate surface area is 162 Å². The van der Waals surface area contributed by atoms with Gasteiger partial charge in [-0.25, -0.2) is 4.98 Å². The third-order valence-corrected chi connectivity index (χ3v) is 6.02. The molecule has 0 unspecified atom stereocenters. The van der Waals surface area contributed by atoms with Crippen molar-refractivity contribution in [3.63, 3.8) is 0 Å². The summed E-state index contributed by atoms with van der Waals surface area (Å²) in [5.41, 5.74) is 2.84. The highest BCUT2D eigenvalue weighted by Gasteiger charge is 2.39. The number of anilines is 1. The maximum absolute atomic E-state index is 13.3. The lowest BCUT2D eigenvalue weighted by atomic mass is 9.97. The van der Waals surface area contributed by atoms with Gasteiger partial charge in [-0.05, 0) is 51.5 Å². The van der Waals surface area contributed by atoms with E-state index in [-0.39, 0.29) is 24.0 Å². The average Bonchev–Trinajstić information content (AvgIpc) is 3.36. The minimum Gasteiger partial charge on any atom is -0.371 e. The summed E-state index contributed by atoms with van der Waals surface area (Å²) < 4.78 is 9.01. The number of carbonyl (C=O) groups is 1. The number of aryl methyl sites for hydroxylation is 1. The summed E-state index contributed by atoms with van der Waals surface area (Å²) in [6.45, 7) is 6.75. The minimum atomic E-state index is -0.251. The van der Waals surface area contributed by atoms with E-state index < -0.39 is 0 Å². The van der Waals surface area contributed by atoms with E-state index in [1.807, 2.05) is 42.9 Å². The number of rotatable bonds is 4. The Morgan fingerprint density at radius 1 is 1.37 bits per heavy atom. The van der Waals surface area contributed by atoms with Crippen molar-refractivity contribution in [1.82, 2.24) is 14.8 Å². The number of carbonyl (C=O) groups excluding carboxylic acids is 1. The summed E-state index contributed by atoms with van der Waals surface area (Å²) in [7, 11) is 1.84. The molecule has 1 fully saturated rings. The van der Waals surface area contributed by atoms with Gasteiger partial charge in [-0.15, -0.1) is 11.3 Å². The van der Waals surface area contributed by atoms with Crippen molar-refractivity contribution >= 4 is 33.1 Å². The predicted molar refractivity (Wildman–Crippen MR) is 107 cm³/mol. The van der Waals surface area contributed by atoms with Crippen molar-refractivity contribution in [3.8, 4) is 0 Å². The van der Waals surface area contributed by atoms with Gasteiger partial charge in [-0.3, -0.25) is 9.48 Å². The summed E-state index contributed by atoms with van der Waals surface area (Å²) in [5.74, 6) is -0.127. The first-order chi connectivity index (χ1) is 13.0. The Bertz CT molecular complexity index is 977. The predicted octanol–water partition coefficient (Wildman–Crippen LogP) is 4.12. The number of ether oxygens (including phenoxy) is 1. The van der Waals surface area contributed by atoms with Gasteiger partial charge in [0.05, 0.1) is 26.8 Å². The molecular formula is C20H24N4O2S. The van der Waals surface area contributed by atoms with Crippen molar-refractivity contribution in [2.75, 3.05) is 18.6 Å². The van der Waals surface area contributed by atoms with Crippen LogP contribution in [0.5, 0.6) is 0 Å². The van der Waals surface area contributed by atoms with E-state index in [0.29, 0.717) is 6.61 Å². The summed E-state index contributed by atoms with van der Waals surface area (Å²) in [6.07, 6.45) is 2.25. The second-order valence-corrected chi connectivity index (χ2v) is 8.50. The fraction of sp³-hybridized carbons (Fsp3) is 0.450. The number of amides is 1. The van der Waals surface area contributed by atoms with Crippen LogP contribution in [0.4, 0.5) is 5.69 Å². The molecule has 0 spiro atoms. The minimum absolute atomic E-state index is 0.0783. The molecule has 3 heterocycles. The Balaban J connectivity index is 1.60. The van der Waals surface area contributed by atoms with Crippen molar-refractivity contribution in [1.29, 1.82) is 0 Å². The summed E-state index contributed by atoms with van der Waals surface area (Å²) >= 11 is 1.65. The molecule has 3 aromatic rings. The molecule has 7 heteroatoms. The number of thiazole rings is 1. The molecular weight excluding hydrogens is 360 g/mol. The van der Waals surface area contributed by atoms with Gasteiger partial charge < -0.3 is 9.64 Å². The van der Waals surface area contributed by atoms with Crippen LogP contribution in [0, 0.1) is 12.8 Å². The van der Waals surface area contributed by atoms with E-state index in [9.17, 15) is 4.79 Å². The maximum atomic E-state index is 13.3. The fourth-order valence-electron chi connectivity index (χ4n) is 3.73. The third-order valence-electron chi connectivity index (χ3n) is 5.09. The van der Waals surface area contributed by atoms with Gasteiger partial charge in [0.1, 0.15) is 6.10 Å². The van der Waals surface area contributed by atoms with Gasteiger partial charge in [0.2, 0.25) is 5.91 Å². The molecule has 6 nitrogen and oxygen atoms in total. The van der Waals surface area contributed by atoms with Crippen LogP contribution in [0.3, 0.4) is 0 Å². The molecule has 0 radical (unpaired) electrons. The van der Waals surface area contributed by atoms with E-state index in [1.165, 1.54) is 0 Å². The van der Waals surface area contributed by atoms with E-state index in [4.69, 9.17) is 4.74 Å². The molecule has 2 aromatic heterocycles. The first-order valence-electron chi connectivity index (χ1n) is 9.25. The van der Waals surface area contributed by atoms with Crippen molar-refractivity contribution in [2.24, 2.45) is 5.92 Å². The highest BCUT2D eigenvalue weighted by atomic mass is 32.1. The summed E-state index contributed by atoms with van der Waals surface area (Å²) in [4.78, 5) is 19.5. The molecule has 1 aromatic carbocycles. The summed E-state index contributed by atoms with van der Waals surface area (Å²) in [5, 5.41) is 5.43. The molecule has 1 aliphatic rings. The normalized spacial score (nSPS) is 19.9. The average molecular weight is 385 g/mol. The molecule has 1 aliphatic heterocycles. The first kappa shape index (κ1) is 18.1. The second kappa shape index (κ2) is 7.05. The van der Waals surface area contributed by atoms with Crippen molar-refractivity contribution in [2.45, 2.75) is 39.3 Å². The number of nitrogens with zero attached hydrogens (tertiary/aromatic N) is 4. The standard InChI is InChI=1S/C20H24N4O2S/c1-12(2)24-17(7-9-21-24)19-15(8-10-26-19)20(25)23(4)14-5-6-16-18(11-14)27-13(3)22-16/h5-7,9,11-12,15,19H,8,10H2,1-4H3/t15-,19-/m0/s1. The molecule has 2 atom stereocenters. The second-order valence-electron chi connectivity index (χ2n) is 7.26. The van der Waals surface area contributed by atoms with Crippen LogP contribution >= 0.6 is 11.3 Å². The highest BCUT2D eigenvalue weighted by molar-refractivity contribution is 7.18. The zero-order valence-electron chi connectivity index (χ0n) is 16.0. The van der Waals surface area contributed by atoms with Gasteiger partial charge >= 0.3 is 0 Å². The zero-order valence-corrected chi connectivity index (χ0v) is 16.9. The highest BCUT2D eigenvalue weighted by Crippen LogP contribution is 2.37. The lowest BCUT2D eigenvalue weighted by molar-refractivity contribution is -0.124. The molecule has 0 N–H and O–H groups in total. The monoisotopic (exact) mass is 384 g/mol.